The highest BCUT2D eigenvalue weighted by Crippen LogP contribution is 2.33. The van der Waals surface area contributed by atoms with Crippen LogP contribution in [-0.2, 0) is 9.53 Å². The van der Waals surface area contributed by atoms with Gasteiger partial charge in [-0.25, -0.2) is 0 Å². The second-order valence-corrected chi connectivity index (χ2v) is 5.87. The van der Waals surface area contributed by atoms with Crippen LogP contribution in [0.25, 0.3) is 0 Å². The van der Waals surface area contributed by atoms with Crippen LogP contribution < -0.4 is 11.1 Å². The van der Waals surface area contributed by atoms with Crippen molar-refractivity contribution >= 4 is 5.91 Å². The van der Waals surface area contributed by atoms with Crippen LogP contribution in [0.15, 0.2) is 0 Å². The molecule has 19 heavy (non-hydrogen) atoms. The average Bonchev–Trinajstić information content (AvgIpc) is 2.88. The molecule has 3 atom stereocenters. The van der Waals surface area contributed by atoms with Crippen molar-refractivity contribution in [1.29, 1.82) is 0 Å². The Morgan fingerprint density at radius 1 is 1.53 bits per heavy atom. The van der Waals surface area contributed by atoms with Crippen LogP contribution in [0.4, 0.5) is 0 Å². The van der Waals surface area contributed by atoms with Crippen molar-refractivity contribution in [2.45, 2.75) is 56.7 Å². The summed E-state index contributed by atoms with van der Waals surface area (Å²) in [5, 5.41) is 3.34. The van der Waals surface area contributed by atoms with Crippen LogP contribution in [0.3, 0.4) is 0 Å². The lowest BCUT2D eigenvalue weighted by Gasteiger charge is -2.42. The Balaban J connectivity index is 2.01. The summed E-state index contributed by atoms with van der Waals surface area (Å²) >= 11 is 0. The number of carbonyl (C=O) groups excluding carboxylic acids is 1. The molecule has 0 bridgehead atoms. The number of rotatable bonds is 5. The van der Waals surface area contributed by atoms with Gasteiger partial charge in [0.15, 0.2) is 0 Å². The zero-order valence-electron chi connectivity index (χ0n) is 12.2. The van der Waals surface area contributed by atoms with Crippen LogP contribution in [0.2, 0.25) is 0 Å². The second kappa shape index (κ2) is 6.20. The quantitative estimate of drug-likeness (QED) is 0.762. The second-order valence-electron chi connectivity index (χ2n) is 5.87. The van der Waals surface area contributed by atoms with Crippen molar-refractivity contribution in [3.8, 4) is 0 Å². The highest BCUT2D eigenvalue weighted by atomic mass is 16.5. The minimum absolute atomic E-state index is 0.193. The summed E-state index contributed by atoms with van der Waals surface area (Å²) in [4.78, 5) is 14.3. The molecule has 5 heteroatoms. The van der Waals surface area contributed by atoms with E-state index in [1.165, 1.54) is 0 Å². The molecule has 1 amide bonds. The molecule has 0 radical (unpaired) electrons. The number of likely N-dealkylation sites (tertiary alicyclic amines) is 1. The number of primary amides is 1. The predicted octanol–water partition coefficient (Wildman–Crippen LogP) is 0.483. The molecule has 2 rings (SSSR count). The Kier molecular flexibility index (Phi) is 4.81. The summed E-state index contributed by atoms with van der Waals surface area (Å²) in [6, 6.07) is 0.459. The lowest BCUT2D eigenvalue weighted by Crippen LogP contribution is -2.60. The van der Waals surface area contributed by atoms with Gasteiger partial charge in [-0.3, -0.25) is 9.69 Å². The van der Waals surface area contributed by atoms with E-state index in [1.807, 2.05) is 6.92 Å². The monoisotopic (exact) mass is 269 g/mol. The van der Waals surface area contributed by atoms with E-state index in [4.69, 9.17) is 10.5 Å². The SMILES string of the molecule is CCNC1(C(N)=O)CCCC(N2CCC(OC)C2)C1. The number of nitrogens with two attached hydrogens (primary N) is 1. The molecule has 0 spiro atoms. The van der Waals surface area contributed by atoms with E-state index in [1.54, 1.807) is 7.11 Å². The molecule has 5 nitrogen and oxygen atoms in total. The van der Waals surface area contributed by atoms with E-state index >= 15 is 0 Å². The number of carbonyl (C=O) groups is 1. The van der Waals surface area contributed by atoms with Gasteiger partial charge in [0.2, 0.25) is 5.91 Å². The third kappa shape index (κ3) is 3.09. The lowest BCUT2D eigenvalue weighted by atomic mass is 9.77. The van der Waals surface area contributed by atoms with E-state index in [-0.39, 0.29) is 5.91 Å². The minimum atomic E-state index is -0.497. The molecule has 1 saturated heterocycles. The Bertz CT molecular complexity index is 320. The summed E-state index contributed by atoms with van der Waals surface area (Å²) < 4.78 is 5.43. The highest BCUT2D eigenvalue weighted by molar-refractivity contribution is 5.84. The first-order valence-corrected chi connectivity index (χ1v) is 7.43. The topological polar surface area (TPSA) is 67.6 Å². The maximum absolute atomic E-state index is 11.9. The van der Waals surface area contributed by atoms with Gasteiger partial charge in [-0.2, -0.15) is 0 Å². The fourth-order valence-electron chi connectivity index (χ4n) is 3.65. The smallest absolute Gasteiger partial charge is 0.237 e. The lowest BCUT2D eigenvalue weighted by molar-refractivity contribution is -0.126. The van der Waals surface area contributed by atoms with Crippen LogP contribution in [-0.4, -0.2) is 55.2 Å². The summed E-state index contributed by atoms with van der Waals surface area (Å²) in [6.07, 6.45) is 5.38. The summed E-state index contributed by atoms with van der Waals surface area (Å²) in [5.74, 6) is -0.193. The molecule has 3 N–H and O–H groups in total. The van der Waals surface area contributed by atoms with Crippen molar-refractivity contribution in [2.75, 3.05) is 26.7 Å². The van der Waals surface area contributed by atoms with Crippen molar-refractivity contribution in [1.82, 2.24) is 10.2 Å². The van der Waals surface area contributed by atoms with Crippen molar-refractivity contribution in [3.63, 3.8) is 0 Å². The van der Waals surface area contributed by atoms with Gasteiger partial charge in [-0.15, -0.1) is 0 Å². The van der Waals surface area contributed by atoms with Crippen LogP contribution in [0, 0.1) is 0 Å². The van der Waals surface area contributed by atoms with Gasteiger partial charge in [-0.05, 0) is 38.6 Å². The molecule has 2 fully saturated rings. The van der Waals surface area contributed by atoms with Crippen LogP contribution in [0.1, 0.15) is 39.0 Å². The van der Waals surface area contributed by atoms with Gasteiger partial charge in [0.05, 0.1) is 11.6 Å². The number of likely N-dealkylation sites (N-methyl/N-ethyl adjacent to an activating group) is 1. The Morgan fingerprint density at radius 2 is 2.32 bits per heavy atom. The molecule has 3 unspecified atom stereocenters. The number of nitrogens with one attached hydrogen (secondary N) is 1. The summed E-state index contributed by atoms with van der Waals surface area (Å²) in [6.45, 7) is 4.88. The van der Waals surface area contributed by atoms with Crippen molar-refractivity contribution < 1.29 is 9.53 Å². The van der Waals surface area contributed by atoms with Crippen LogP contribution in [0.5, 0.6) is 0 Å². The summed E-state index contributed by atoms with van der Waals surface area (Å²) in [7, 11) is 1.78. The van der Waals surface area contributed by atoms with E-state index < -0.39 is 5.54 Å². The molecule has 1 saturated carbocycles. The van der Waals surface area contributed by atoms with Gasteiger partial charge in [0.25, 0.3) is 0 Å². The normalized spacial score (nSPS) is 36.5. The standard InChI is InChI=1S/C14H27N3O2/c1-3-16-14(13(15)18)7-4-5-11(9-14)17-8-6-12(10-17)19-2/h11-12,16H,3-10H2,1-2H3,(H2,15,18). The molecule has 1 heterocycles. The Labute approximate surface area is 115 Å². The van der Waals surface area contributed by atoms with Gasteiger partial charge in [-0.1, -0.05) is 6.92 Å². The minimum Gasteiger partial charge on any atom is -0.380 e. The molecule has 2 aliphatic rings. The first-order valence-electron chi connectivity index (χ1n) is 7.43. The average molecular weight is 269 g/mol. The van der Waals surface area contributed by atoms with Crippen LogP contribution >= 0.6 is 0 Å². The fraction of sp³-hybridized carbons (Fsp3) is 0.929. The first-order chi connectivity index (χ1) is 9.11. The third-order valence-electron chi connectivity index (χ3n) is 4.74. The fourth-order valence-corrected chi connectivity index (χ4v) is 3.65. The molecule has 0 aromatic heterocycles. The maximum Gasteiger partial charge on any atom is 0.237 e. The van der Waals surface area contributed by atoms with Crippen molar-refractivity contribution in [2.24, 2.45) is 5.73 Å². The van der Waals surface area contributed by atoms with Gasteiger partial charge >= 0.3 is 0 Å². The molecular weight excluding hydrogens is 242 g/mol. The number of hydrogen-bond acceptors (Lipinski definition) is 4. The van der Waals surface area contributed by atoms with Crippen molar-refractivity contribution in [3.05, 3.63) is 0 Å². The number of ether oxygens (including phenoxy) is 1. The Morgan fingerprint density at radius 3 is 2.89 bits per heavy atom. The zero-order chi connectivity index (χ0) is 13.9. The maximum atomic E-state index is 11.9. The first kappa shape index (κ1) is 14.8. The number of hydrogen-bond donors (Lipinski definition) is 2. The highest BCUT2D eigenvalue weighted by Gasteiger charge is 2.43. The number of amides is 1. The molecule has 0 aromatic carbocycles. The van der Waals surface area contributed by atoms with Gasteiger partial charge < -0.3 is 15.8 Å². The zero-order valence-corrected chi connectivity index (χ0v) is 12.2. The van der Waals surface area contributed by atoms with Gasteiger partial charge in [0, 0.05) is 26.2 Å². The largest absolute Gasteiger partial charge is 0.380 e. The van der Waals surface area contributed by atoms with E-state index in [0.29, 0.717) is 12.1 Å². The van der Waals surface area contributed by atoms with E-state index in [2.05, 4.69) is 10.2 Å². The molecular formula is C14H27N3O2. The Hall–Kier alpha value is -0.650. The molecule has 1 aliphatic carbocycles. The predicted molar refractivity (Wildman–Crippen MR) is 74.8 cm³/mol. The van der Waals surface area contributed by atoms with E-state index in [0.717, 1.165) is 51.7 Å². The molecule has 0 aromatic rings. The molecule has 110 valence electrons. The third-order valence-corrected chi connectivity index (χ3v) is 4.74. The van der Waals surface area contributed by atoms with Gasteiger partial charge in [0.1, 0.15) is 0 Å². The molecule has 1 aliphatic heterocycles. The number of nitrogens with zero attached hydrogens (tertiary/aromatic N) is 1. The summed E-state index contributed by atoms with van der Waals surface area (Å²) in [5.41, 5.74) is 5.16. The van der Waals surface area contributed by atoms with E-state index in [9.17, 15) is 4.79 Å². The number of methoxy groups -OCH3 is 1.